The Bertz CT molecular complexity index is 308. The lowest BCUT2D eigenvalue weighted by Gasteiger charge is -2.42. The van der Waals surface area contributed by atoms with Crippen molar-refractivity contribution in [3.8, 4) is 0 Å². The van der Waals surface area contributed by atoms with Crippen LogP contribution in [0.15, 0.2) is 4.99 Å². The SMILES string of the molecule is CN(C)C1(CN=C(N)N2CCOCC2)CCOCC1. The van der Waals surface area contributed by atoms with Crippen LogP contribution in [-0.4, -0.2) is 81.5 Å². The van der Waals surface area contributed by atoms with Gasteiger partial charge in [0, 0.05) is 31.8 Å². The second-order valence-electron chi connectivity index (χ2n) is 5.50. The van der Waals surface area contributed by atoms with Crippen LogP contribution in [-0.2, 0) is 9.47 Å². The van der Waals surface area contributed by atoms with Crippen LogP contribution in [0.25, 0.3) is 0 Å². The van der Waals surface area contributed by atoms with Gasteiger partial charge in [0.05, 0.1) is 19.8 Å². The minimum absolute atomic E-state index is 0.0924. The van der Waals surface area contributed by atoms with Crippen molar-refractivity contribution in [1.29, 1.82) is 0 Å². The molecule has 6 nitrogen and oxygen atoms in total. The maximum atomic E-state index is 6.10. The monoisotopic (exact) mass is 270 g/mol. The summed E-state index contributed by atoms with van der Waals surface area (Å²) in [6, 6.07) is 0. The van der Waals surface area contributed by atoms with Gasteiger partial charge in [0.2, 0.25) is 0 Å². The van der Waals surface area contributed by atoms with Crippen molar-refractivity contribution in [2.75, 3.05) is 60.2 Å². The number of nitrogens with zero attached hydrogens (tertiary/aromatic N) is 3. The Hall–Kier alpha value is -0.850. The number of guanidine groups is 1. The van der Waals surface area contributed by atoms with E-state index < -0.39 is 0 Å². The van der Waals surface area contributed by atoms with Gasteiger partial charge < -0.3 is 25.0 Å². The van der Waals surface area contributed by atoms with Crippen LogP contribution in [0.3, 0.4) is 0 Å². The van der Waals surface area contributed by atoms with Gasteiger partial charge in [-0.25, -0.2) is 0 Å². The van der Waals surface area contributed by atoms with E-state index in [0.717, 1.165) is 58.9 Å². The van der Waals surface area contributed by atoms with Crippen LogP contribution in [0.1, 0.15) is 12.8 Å². The van der Waals surface area contributed by atoms with E-state index in [-0.39, 0.29) is 5.54 Å². The number of morpholine rings is 1. The standard InChI is InChI=1S/C13H26N4O2/c1-16(2)13(3-7-18-8-4-13)11-15-12(14)17-5-9-19-10-6-17/h3-11H2,1-2H3,(H2,14,15). The van der Waals surface area contributed by atoms with Crippen molar-refractivity contribution in [2.45, 2.75) is 18.4 Å². The maximum absolute atomic E-state index is 6.10. The van der Waals surface area contributed by atoms with Gasteiger partial charge in [0.1, 0.15) is 0 Å². The zero-order chi connectivity index (χ0) is 13.7. The third-order valence-corrected chi connectivity index (χ3v) is 4.24. The summed E-state index contributed by atoms with van der Waals surface area (Å²) in [5.41, 5.74) is 6.19. The average molecular weight is 270 g/mol. The van der Waals surface area contributed by atoms with E-state index in [4.69, 9.17) is 15.2 Å². The van der Waals surface area contributed by atoms with E-state index in [1.54, 1.807) is 0 Å². The van der Waals surface area contributed by atoms with Crippen LogP contribution >= 0.6 is 0 Å². The Morgan fingerprint density at radius 2 is 1.74 bits per heavy atom. The lowest BCUT2D eigenvalue weighted by Crippen LogP contribution is -2.52. The molecule has 2 heterocycles. The Labute approximate surface area is 115 Å². The summed E-state index contributed by atoms with van der Waals surface area (Å²) in [6.07, 6.45) is 2.03. The molecule has 19 heavy (non-hydrogen) atoms. The van der Waals surface area contributed by atoms with Crippen molar-refractivity contribution >= 4 is 5.96 Å². The second kappa shape index (κ2) is 6.54. The van der Waals surface area contributed by atoms with Gasteiger partial charge in [-0.15, -0.1) is 0 Å². The molecule has 0 aromatic carbocycles. The molecular weight excluding hydrogens is 244 g/mol. The van der Waals surface area contributed by atoms with E-state index in [2.05, 4.69) is 28.9 Å². The van der Waals surface area contributed by atoms with E-state index in [1.807, 2.05) is 0 Å². The van der Waals surface area contributed by atoms with Gasteiger partial charge in [-0.3, -0.25) is 4.99 Å². The summed E-state index contributed by atoms with van der Waals surface area (Å²) in [4.78, 5) is 9.01. The quantitative estimate of drug-likeness (QED) is 0.566. The first-order chi connectivity index (χ1) is 9.14. The second-order valence-corrected chi connectivity index (χ2v) is 5.50. The summed E-state index contributed by atoms with van der Waals surface area (Å²) >= 11 is 0. The number of rotatable bonds is 3. The maximum Gasteiger partial charge on any atom is 0.191 e. The van der Waals surface area contributed by atoms with Crippen LogP contribution in [0.5, 0.6) is 0 Å². The fourth-order valence-electron chi connectivity index (χ4n) is 2.62. The third-order valence-electron chi connectivity index (χ3n) is 4.24. The molecular formula is C13H26N4O2. The van der Waals surface area contributed by atoms with Crippen molar-refractivity contribution < 1.29 is 9.47 Å². The molecule has 2 saturated heterocycles. The fraction of sp³-hybridized carbons (Fsp3) is 0.923. The average Bonchev–Trinajstić information content (AvgIpc) is 2.46. The molecule has 0 atom stereocenters. The van der Waals surface area contributed by atoms with Crippen LogP contribution < -0.4 is 5.73 Å². The molecule has 2 rings (SSSR count). The molecule has 0 amide bonds. The molecule has 2 aliphatic rings. The smallest absolute Gasteiger partial charge is 0.191 e. The summed E-state index contributed by atoms with van der Waals surface area (Å²) in [6.45, 7) is 5.52. The predicted octanol–water partition coefficient (Wildman–Crippen LogP) is -0.256. The van der Waals surface area contributed by atoms with Gasteiger partial charge in [-0.05, 0) is 26.9 Å². The number of likely N-dealkylation sites (N-methyl/N-ethyl adjacent to an activating group) is 1. The van der Waals surface area contributed by atoms with Gasteiger partial charge in [-0.1, -0.05) is 0 Å². The van der Waals surface area contributed by atoms with Crippen molar-refractivity contribution in [1.82, 2.24) is 9.80 Å². The summed E-state index contributed by atoms with van der Waals surface area (Å²) < 4.78 is 10.8. The Morgan fingerprint density at radius 1 is 1.16 bits per heavy atom. The zero-order valence-corrected chi connectivity index (χ0v) is 12.1. The van der Waals surface area contributed by atoms with Crippen LogP contribution in [0, 0.1) is 0 Å². The minimum Gasteiger partial charge on any atom is -0.381 e. The number of hydrogen-bond donors (Lipinski definition) is 1. The predicted molar refractivity (Wildman–Crippen MR) is 75.4 cm³/mol. The zero-order valence-electron chi connectivity index (χ0n) is 12.1. The van der Waals surface area contributed by atoms with Gasteiger partial charge in [-0.2, -0.15) is 0 Å². The molecule has 0 unspecified atom stereocenters. The first kappa shape index (κ1) is 14.6. The summed E-state index contributed by atoms with van der Waals surface area (Å²) in [7, 11) is 4.23. The summed E-state index contributed by atoms with van der Waals surface area (Å²) in [5, 5.41) is 0. The Kier molecular flexibility index (Phi) is 5.01. The highest BCUT2D eigenvalue weighted by Gasteiger charge is 2.34. The van der Waals surface area contributed by atoms with E-state index >= 15 is 0 Å². The van der Waals surface area contributed by atoms with E-state index in [0.29, 0.717) is 5.96 Å². The number of aliphatic imine (C=N–C) groups is 1. The molecule has 0 saturated carbocycles. The largest absolute Gasteiger partial charge is 0.381 e. The van der Waals surface area contributed by atoms with Crippen molar-refractivity contribution in [3.63, 3.8) is 0 Å². The fourth-order valence-corrected chi connectivity index (χ4v) is 2.62. The van der Waals surface area contributed by atoms with E-state index in [1.165, 1.54) is 0 Å². The molecule has 0 aromatic heterocycles. The normalized spacial score (nSPS) is 24.8. The minimum atomic E-state index is 0.0924. The summed E-state index contributed by atoms with van der Waals surface area (Å²) in [5.74, 6) is 0.649. The lowest BCUT2D eigenvalue weighted by atomic mass is 9.89. The number of nitrogens with two attached hydrogens (primary N) is 1. The molecule has 2 fully saturated rings. The third kappa shape index (κ3) is 3.58. The highest BCUT2D eigenvalue weighted by molar-refractivity contribution is 5.78. The number of ether oxygens (including phenoxy) is 2. The molecule has 2 aliphatic heterocycles. The topological polar surface area (TPSA) is 63.3 Å². The van der Waals surface area contributed by atoms with E-state index in [9.17, 15) is 0 Å². The molecule has 0 aliphatic carbocycles. The van der Waals surface area contributed by atoms with Gasteiger partial charge in [0.15, 0.2) is 5.96 Å². The molecule has 0 bridgehead atoms. The number of hydrogen-bond acceptors (Lipinski definition) is 4. The highest BCUT2D eigenvalue weighted by Crippen LogP contribution is 2.26. The molecule has 0 radical (unpaired) electrons. The molecule has 2 N–H and O–H groups in total. The molecule has 0 spiro atoms. The van der Waals surface area contributed by atoms with Gasteiger partial charge in [0.25, 0.3) is 0 Å². The van der Waals surface area contributed by atoms with Gasteiger partial charge >= 0.3 is 0 Å². The highest BCUT2D eigenvalue weighted by atomic mass is 16.5. The lowest BCUT2D eigenvalue weighted by molar-refractivity contribution is -0.00274. The first-order valence-corrected chi connectivity index (χ1v) is 7.02. The van der Waals surface area contributed by atoms with Crippen molar-refractivity contribution in [3.05, 3.63) is 0 Å². The van der Waals surface area contributed by atoms with Crippen molar-refractivity contribution in [2.24, 2.45) is 10.7 Å². The molecule has 6 heteroatoms. The van der Waals surface area contributed by atoms with Crippen LogP contribution in [0.2, 0.25) is 0 Å². The molecule has 110 valence electrons. The Balaban J connectivity index is 1.96. The Morgan fingerprint density at radius 3 is 2.32 bits per heavy atom. The molecule has 0 aromatic rings. The van der Waals surface area contributed by atoms with Crippen LogP contribution in [0.4, 0.5) is 0 Å². The first-order valence-electron chi connectivity index (χ1n) is 7.02.